The van der Waals surface area contributed by atoms with E-state index in [4.69, 9.17) is 0 Å². The Hall–Kier alpha value is -2.69. The second-order valence-corrected chi connectivity index (χ2v) is 5.65. The fourth-order valence-corrected chi connectivity index (χ4v) is 2.30. The van der Waals surface area contributed by atoms with Gasteiger partial charge in [0.15, 0.2) is 0 Å². The summed E-state index contributed by atoms with van der Waals surface area (Å²) < 4.78 is 1.52. The van der Waals surface area contributed by atoms with Gasteiger partial charge in [0.25, 0.3) is 5.56 Å². The van der Waals surface area contributed by atoms with E-state index in [2.05, 4.69) is 10.3 Å². The minimum Gasteiger partial charge on any atom is -0.351 e. The number of nitrogens with one attached hydrogen (secondary N) is 1. The summed E-state index contributed by atoms with van der Waals surface area (Å²) in [6, 6.07) is 11.2. The quantitative estimate of drug-likeness (QED) is 0.830. The third kappa shape index (κ3) is 4.39. The topological polar surface area (TPSA) is 64.0 Å². The molecule has 0 spiro atoms. The highest BCUT2D eigenvalue weighted by atomic mass is 16.1. The molecule has 0 saturated heterocycles. The van der Waals surface area contributed by atoms with E-state index in [1.54, 1.807) is 18.5 Å². The van der Waals surface area contributed by atoms with Crippen LogP contribution in [0.3, 0.4) is 0 Å². The zero-order valence-corrected chi connectivity index (χ0v) is 12.8. The molecular weight excluding hydrogens is 290 g/mol. The molecule has 1 aliphatic rings. The van der Waals surface area contributed by atoms with E-state index >= 15 is 0 Å². The Morgan fingerprint density at radius 1 is 1.30 bits per heavy atom. The van der Waals surface area contributed by atoms with Gasteiger partial charge in [0, 0.05) is 31.1 Å². The van der Waals surface area contributed by atoms with Gasteiger partial charge in [-0.25, -0.2) is 4.98 Å². The van der Waals surface area contributed by atoms with Crippen LogP contribution in [0.1, 0.15) is 30.0 Å². The van der Waals surface area contributed by atoms with Crippen LogP contribution in [0.4, 0.5) is 0 Å². The van der Waals surface area contributed by atoms with Gasteiger partial charge in [-0.15, -0.1) is 0 Å². The lowest BCUT2D eigenvalue weighted by molar-refractivity contribution is -0.116. The van der Waals surface area contributed by atoms with Crippen LogP contribution < -0.4 is 10.9 Å². The number of carbonyl (C=O) groups is 1. The summed E-state index contributed by atoms with van der Waals surface area (Å²) in [5.74, 6) is 0.296. The number of amides is 1. The number of benzene rings is 1. The van der Waals surface area contributed by atoms with E-state index in [0.717, 1.165) is 24.1 Å². The molecule has 0 radical (unpaired) electrons. The maximum atomic E-state index is 12.0. The minimum absolute atomic E-state index is 0.0593. The zero-order valence-electron chi connectivity index (χ0n) is 12.8. The summed E-state index contributed by atoms with van der Waals surface area (Å²) in [5.41, 5.74) is 1.80. The van der Waals surface area contributed by atoms with Crippen LogP contribution in [0, 0.1) is 0 Å². The van der Waals surface area contributed by atoms with Crippen molar-refractivity contribution in [2.45, 2.75) is 25.3 Å². The third-order valence-corrected chi connectivity index (χ3v) is 3.77. The molecule has 1 fully saturated rings. The van der Waals surface area contributed by atoms with Gasteiger partial charge in [-0.05, 0) is 24.5 Å². The van der Waals surface area contributed by atoms with E-state index in [9.17, 15) is 9.59 Å². The standard InChI is InChI=1S/C18H19N3O2/c22-17(9-6-14-4-2-1-3-5-14)19-10-11-21-13-20-16(12-18(21)23)15-7-8-15/h1-6,9,12-13,15H,7-8,10-11H2,(H,19,22)/b9-6+. The first-order chi connectivity index (χ1) is 11.2. The average molecular weight is 309 g/mol. The molecule has 1 aromatic heterocycles. The van der Waals surface area contributed by atoms with Crippen LogP contribution in [0.25, 0.3) is 6.08 Å². The Balaban J connectivity index is 1.48. The number of rotatable bonds is 6. The van der Waals surface area contributed by atoms with Crippen LogP contribution in [0.5, 0.6) is 0 Å². The molecule has 5 nitrogen and oxygen atoms in total. The maximum Gasteiger partial charge on any atom is 0.253 e. The number of carbonyl (C=O) groups excluding carboxylic acids is 1. The SMILES string of the molecule is O=C(/C=C/c1ccccc1)NCCn1cnc(C2CC2)cc1=O. The highest BCUT2D eigenvalue weighted by molar-refractivity contribution is 5.91. The number of hydrogen-bond acceptors (Lipinski definition) is 3. The van der Waals surface area contributed by atoms with Gasteiger partial charge < -0.3 is 5.32 Å². The van der Waals surface area contributed by atoms with Crippen molar-refractivity contribution in [2.24, 2.45) is 0 Å². The Kier molecular flexibility index (Phi) is 4.66. The predicted molar refractivity (Wildman–Crippen MR) is 89.0 cm³/mol. The summed E-state index contributed by atoms with van der Waals surface area (Å²) in [5, 5.41) is 2.77. The molecule has 1 aliphatic carbocycles. The van der Waals surface area contributed by atoms with Crippen molar-refractivity contribution in [3.8, 4) is 0 Å². The number of hydrogen-bond donors (Lipinski definition) is 1. The van der Waals surface area contributed by atoms with Gasteiger partial charge in [0.1, 0.15) is 0 Å². The Morgan fingerprint density at radius 2 is 2.09 bits per heavy atom. The first kappa shape index (κ1) is 15.2. The monoisotopic (exact) mass is 309 g/mol. The van der Waals surface area contributed by atoms with Crippen LogP contribution in [0.2, 0.25) is 0 Å². The van der Waals surface area contributed by atoms with E-state index in [1.807, 2.05) is 30.3 Å². The van der Waals surface area contributed by atoms with E-state index in [0.29, 0.717) is 19.0 Å². The molecular formula is C18H19N3O2. The lowest BCUT2D eigenvalue weighted by atomic mass is 10.2. The zero-order chi connectivity index (χ0) is 16.1. The molecule has 0 aliphatic heterocycles. The molecule has 0 atom stereocenters. The molecule has 1 saturated carbocycles. The third-order valence-electron chi connectivity index (χ3n) is 3.77. The summed E-state index contributed by atoms with van der Waals surface area (Å²) in [6.45, 7) is 0.810. The van der Waals surface area contributed by atoms with Gasteiger partial charge in [-0.3, -0.25) is 14.2 Å². The molecule has 5 heteroatoms. The fraction of sp³-hybridized carbons (Fsp3) is 0.278. The number of aromatic nitrogens is 2. The Bertz CT molecular complexity index is 761. The average Bonchev–Trinajstić information content (AvgIpc) is 3.40. The molecule has 2 aromatic rings. The van der Waals surface area contributed by atoms with Crippen molar-refractivity contribution in [1.29, 1.82) is 0 Å². The molecule has 1 aromatic carbocycles. The fourth-order valence-electron chi connectivity index (χ4n) is 2.30. The largest absolute Gasteiger partial charge is 0.351 e. The summed E-state index contributed by atoms with van der Waals surface area (Å²) in [4.78, 5) is 28.0. The van der Waals surface area contributed by atoms with Crippen LogP contribution in [0.15, 0.2) is 53.6 Å². The Morgan fingerprint density at radius 3 is 2.78 bits per heavy atom. The summed E-state index contributed by atoms with van der Waals surface area (Å²) >= 11 is 0. The van der Waals surface area contributed by atoms with E-state index < -0.39 is 0 Å². The van der Waals surface area contributed by atoms with Crippen molar-refractivity contribution < 1.29 is 4.79 Å². The highest BCUT2D eigenvalue weighted by Crippen LogP contribution is 2.38. The van der Waals surface area contributed by atoms with Crippen molar-refractivity contribution in [3.05, 3.63) is 70.4 Å². The molecule has 0 unspecified atom stereocenters. The molecule has 3 rings (SSSR count). The maximum absolute atomic E-state index is 12.0. The van der Waals surface area contributed by atoms with Gasteiger partial charge >= 0.3 is 0 Å². The number of nitrogens with zero attached hydrogens (tertiary/aromatic N) is 2. The van der Waals surface area contributed by atoms with Crippen molar-refractivity contribution in [3.63, 3.8) is 0 Å². The minimum atomic E-state index is -0.176. The smallest absolute Gasteiger partial charge is 0.253 e. The van der Waals surface area contributed by atoms with E-state index in [-0.39, 0.29) is 11.5 Å². The molecule has 0 bridgehead atoms. The first-order valence-electron chi connectivity index (χ1n) is 7.80. The van der Waals surface area contributed by atoms with Gasteiger partial charge in [0.2, 0.25) is 5.91 Å². The van der Waals surface area contributed by atoms with E-state index in [1.165, 1.54) is 10.6 Å². The highest BCUT2D eigenvalue weighted by Gasteiger charge is 2.25. The predicted octanol–water partition coefficient (Wildman–Crippen LogP) is 1.95. The van der Waals surface area contributed by atoms with Gasteiger partial charge in [0.05, 0.1) is 12.0 Å². The van der Waals surface area contributed by atoms with Crippen LogP contribution in [-0.2, 0) is 11.3 Å². The van der Waals surface area contributed by atoms with Gasteiger partial charge in [-0.1, -0.05) is 30.3 Å². The lowest BCUT2D eigenvalue weighted by Gasteiger charge is -2.06. The van der Waals surface area contributed by atoms with Crippen LogP contribution in [-0.4, -0.2) is 22.0 Å². The lowest BCUT2D eigenvalue weighted by Crippen LogP contribution is -2.30. The molecule has 1 heterocycles. The molecule has 118 valence electrons. The summed E-state index contributed by atoms with van der Waals surface area (Å²) in [7, 11) is 0. The van der Waals surface area contributed by atoms with Crippen molar-refractivity contribution in [2.75, 3.05) is 6.54 Å². The normalized spacial score (nSPS) is 14.1. The molecule has 1 amide bonds. The summed E-state index contributed by atoms with van der Waals surface area (Å²) in [6.07, 6.45) is 7.07. The van der Waals surface area contributed by atoms with Crippen molar-refractivity contribution in [1.82, 2.24) is 14.9 Å². The first-order valence-corrected chi connectivity index (χ1v) is 7.80. The Labute approximate surface area is 134 Å². The van der Waals surface area contributed by atoms with Crippen molar-refractivity contribution >= 4 is 12.0 Å². The molecule has 1 N–H and O–H groups in total. The second kappa shape index (κ2) is 7.05. The second-order valence-electron chi connectivity index (χ2n) is 5.65. The van der Waals surface area contributed by atoms with Gasteiger partial charge in [-0.2, -0.15) is 0 Å². The molecule has 23 heavy (non-hydrogen) atoms. The van der Waals surface area contributed by atoms with Crippen LogP contribution >= 0.6 is 0 Å².